The molecule has 0 saturated heterocycles. The number of carbonyl (C=O) groups is 1. The van der Waals surface area contributed by atoms with Gasteiger partial charge in [0.15, 0.2) is 0 Å². The Morgan fingerprint density at radius 1 is 1.10 bits per heavy atom. The minimum atomic E-state index is -0.231. The van der Waals surface area contributed by atoms with Crippen molar-refractivity contribution in [1.29, 1.82) is 0 Å². The number of rotatable bonds is 6. The molecule has 0 aliphatic rings. The molecule has 0 aliphatic carbocycles. The van der Waals surface area contributed by atoms with Crippen LogP contribution in [0.4, 0.5) is 5.69 Å². The van der Waals surface area contributed by atoms with E-state index in [0.717, 1.165) is 0 Å². The molecule has 4 nitrogen and oxygen atoms in total. The zero-order valence-electron chi connectivity index (χ0n) is 11.6. The summed E-state index contributed by atoms with van der Waals surface area (Å²) in [4.78, 5) is 12.3. The molecule has 0 radical (unpaired) electrons. The molecule has 21 heavy (non-hydrogen) atoms. The van der Waals surface area contributed by atoms with Crippen molar-refractivity contribution in [3.63, 3.8) is 0 Å². The molecule has 2 aromatic rings. The van der Waals surface area contributed by atoms with Gasteiger partial charge in [0.2, 0.25) is 0 Å². The Morgan fingerprint density at radius 2 is 1.81 bits per heavy atom. The lowest BCUT2D eigenvalue weighted by molar-refractivity contribution is 0.101. The maximum atomic E-state index is 12.3. The van der Waals surface area contributed by atoms with Crippen LogP contribution >= 0.6 is 11.6 Å². The van der Waals surface area contributed by atoms with E-state index in [9.17, 15) is 4.79 Å². The molecule has 1 amide bonds. The molecular formula is C16H16ClNO3. The topological polar surface area (TPSA) is 47.6 Å². The monoisotopic (exact) mass is 305 g/mol. The number of halogens is 1. The van der Waals surface area contributed by atoms with Gasteiger partial charge in [0.1, 0.15) is 12.4 Å². The van der Waals surface area contributed by atoms with Gasteiger partial charge in [-0.3, -0.25) is 4.79 Å². The van der Waals surface area contributed by atoms with E-state index in [1.54, 1.807) is 49.6 Å². The van der Waals surface area contributed by atoms with Crippen LogP contribution in [-0.4, -0.2) is 26.2 Å². The largest absolute Gasteiger partial charge is 0.490 e. The fourth-order valence-electron chi connectivity index (χ4n) is 1.75. The first-order valence-electron chi connectivity index (χ1n) is 6.48. The number of hydrogen-bond donors (Lipinski definition) is 1. The van der Waals surface area contributed by atoms with Gasteiger partial charge in [0.05, 0.1) is 12.2 Å². The van der Waals surface area contributed by atoms with Crippen LogP contribution in [0.25, 0.3) is 0 Å². The number of methoxy groups -OCH3 is 1. The second-order valence-electron chi connectivity index (χ2n) is 4.30. The maximum Gasteiger partial charge on any atom is 0.259 e. The number of anilines is 1. The molecule has 5 heteroatoms. The van der Waals surface area contributed by atoms with E-state index >= 15 is 0 Å². The van der Waals surface area contributed by atoms with E-state index in [2.05, 4.69) is 5.32 Å². The van der Waals surface area contributed by atoms with E-state index in [-0.39, 0.29) is 5.91 Å². The standard InChI is InChI=1S/C16H16ClNO3/c1-20-10-11-21-15-5-3-2-4-14(15)16(19)18-13-8-6-12(17)7-9-13/h2-9H,10-11H2,1H3,(H,18,19). The SMILES string of the molecule is COCCOc1ccccc1C(=O)Nc1ccc(Cl)cc1. The van der Waals surface area contributed by atoms with Crippen molar-refractivity contribution in [1.82, 2.24) is 0 Å². The van der Waals surface area contributed by atoms with Crippen molar-refractivity contribution in [2.45, 2.75) is 0 Å². The van der Waals surface area contributed by atoms with Crippen molar-refractivity contribution in [2.24, 2.45) is 0 Å². The average Bonchev–Trinajstić information content (AvgIpc) is 2.50. The second-order valence-corrected chi connectivity index (χ2v) is 4.73. The summed E-state index contributed by atoms with van der Waals surface area (Å²) in [6.07, 6.45) is 0. The molecular weight excluding hydrogens is 290 g/mol. The molecule has 110 valence electrons. The summed E-state index contributed by atoms with van der Waals surface area (Å²) in [6.45, 7) is 0.856. The smallest absolute Gasteiger partial charge is 0.259 e. The van der Waals surface area contributed by atoms with Crippen molar-refractivity contribution >= 4 is 23.2 Å². The fourth-order valence-corrected chi connectivity index (χ4v) is 1.87. The normalized spacial score (nSPS) is 10.2. The Hall–Kier alpha value is -2.04. The van der Waals surface area contributed by atoms with E-state index in [0.29, 0.717) is 35.2 Å². The van der Waals surface area contributed by atoms with E-state index in [1.165, 1.54) is 0 Å². The zero-order chi connectivity index (χ0) is 15.1. The van der Waals surface area contributed by atoms with Crippen LogP contribution in [0.5, 0.6) is 5.75 Å². The molecule has 0 unspecified atom stereocenters. The third kappa shape index (κ3) is 4.48. The quantitative estimate of drug-likeness (QED) is 0.829. The summed E-state index contributed by atoms with van der Waals surface area (Å²) >= 11 is 5.82. The molecule has 0 fully saturated rings. The van der Waals surface area contributed by atoms with Gasteiger partial charge in [-0.15, -0.1) is 0 Å². The van der Waals surface area contributed by atoms with Gasteiger partial charge in [-0.25, -0.2) is 0 Å². The summed E-state index contributed by atoms with van der Waals surface area (Å²) in [6, 6.07) is 14.0. The molecule has 0 heterocycles. The predicted octanol–water partition coefficient (Wildman–Crippen LogP) is 3.62. The van der Waals surface area contributed by atoms with Gasteiger partial charge in [-0.05, 0) is 36.4 Å². The van der Waals surface area contributed by atoms with Crippen LogP contribution in [0.3, 0.4) is 0 Å². The Bertz CT molecular complexity index is 599. The molecule has 0 atom stereocenters. The molecule has 0 aliphatic heterocycles. The molecule has 0 aromatic heterocycles. The minimum Gasteiger partial charge on any atom is -0.490 e. The third-order valence-corrected chi connectivity index (χ3v) is 3.03. The van der Waals surface area contributed by atoms with Crippen LogP contribution in [-0.2, 0) is 4.74 Å². The lowest BCUT2D eigenvalue weighted by atomic mass is 10.2. The van der Waals surface area contributed by atoms with Gasteiger partial charge in [-0.1, -0.05) is 23.7 Å². The molecule has 1 N–H and O–H groups in total. The van der Waals surface area contributed by atoms with Crippen molar-refractivity contribution in [3.05, 3.63) is 59.1 Å². The highest BCUT2D eigenvalue weighted by molar-refractivity contribution is 6.30. The Kier molecular flexibility index (Phi) is 5.60. The van der Waals surface area contributed by atoms with Crippen LogP contribution in [0, 0.1) is 0 Å². The van der Waals surface area contributed by atoms with Crippen LogP contribution < -0.4 is 10.1 Å². The Morgan fingerprint density at radius 3 is 2.52 bits per heavy atom. The Labute approximate surface area is 128 Å². The molecule has 0 saturated carbocycles. The first kappa shape index (κ1) is 15.4. The number of carbonyl (C=O) groups excluding carboxylic acids is 1. The number of ether oxygens (including phenoxy) is 2. The number of amides is 1. The molecule has 0 spiro atoms. The first-order chi connectivity index (χ1) is 10.2. The fraction of sp³-hybridized carbons (Fsp3) is 0.188. The van der Waals surface area contributed by atoms with E-state index in [4.69, 9.17) is 21.1 Å². The maximum absolute atomic E-state index is 12.3. The van der Waals surface area contributed by atoms with Crippen LogP contribution in [0.1, 0.15) is 10.4 Å². The highest BCUT2D eigenvalue weighted by Crippen LogP contribution is 2.20. The number of para-hydroxylation sites is 1. The van der Waals surface area contributed by atoms with E-state index in [1.807, 2.05) is 6.07 Å². The first-order valence-corrected chi connectivity index (χ1v) is 6.86. The van der Waals surface area contributed by atoms with Gasteiger partial charge in [-0.2, -0.15) is 0 Å². The molecule has 2 rings (SSSR count). The minimum absolute atomic E-state index is 0.231. The van der Waals surface area contributed by atoms with Gasteiger partial charge in [0.25, 0.3) is 5.91 Å². The van der Waals surface area contributed by atoms with Gasteiger partial charge in [0, 0.05) is 17.8 Å². The molecule has 2 aromatic carbocycles. The number of benzene rings is 2. The lowest BCUT2D eigenvalue weighted by Gasteiger charge is -2.11. The third-order valence-electron chi connectivity index (χ3n) is 2.78. The lowest BCUT2D eigenvalue weighted by Crippen LogP contribution is -2.14. The highest BCUT2D eigenvalue weighted by Gasteiger charge is 2.12. The summed E-state index contributed by atoms with van der Waals surface area (Å²) in [7, 11) is 1.60. The summed E-state index contributed by atoms with van der Waals surface area (Å²) in [5.41, 5.74) is 1.15. The average molecular weight is 306 g/mol. The van der Waals surface area contributed by atoms with Crippen molar-refractivity contribution in [3.8, 4) is 5.75 Å². The van der Waals surface area contributed by atoms with Crippen molar-refractivity contribution in [2.75, 3.05) is 25.6 Å². The highest BCUT2D eigenvalue weighted by atomic mass is 35.5. The van der Waals surface area contributed by atoms with Crippen molar-refractivity contribution < 1.29 is 14.3 Å². The summed E-state index contributed by atoms with van der Waals surface area (Å²) in [5, 5.41) is 3.43. The summed E-state index contributed by atoms with van der Waals surface area (Å²) < 4.78 is 10.5. The second kappa shape index (κ2) is 7.67. The van der Waals surface area contributed by atoms with E-state index < -0.39 is 0 Å². The number of nitrogens with one attached hydrogen (secondary N) is 1. The predicted molar refractivity (Wildman–Crippen MR) is 83.2 cm³/mol. The number of hydrogen-bond acceptors (Lipinski definition) is 3. The van der Waals surface area contributed by atoms with Crippen LogP contribution in [0.2, 0.25) is 5.02 Å². The zero-order valence-corrected chi connectivity index (χ0v) is 12.4. The van der Waals surface area contributed by atoms with Gasteiger partial charge < -0.3 is 14.8 Å². The molecule has 0 bridgehead atoms. The van der Waals surface area contributed by atoms with Crippen LogP contribution in [0.15, 0.2) is 48.5 Å². The summed E-state index contributed by atoms with van der Waals surface area (Å²) in [5.74, 6) is 0.298. The Balaban J connectivity index is 2.09. The van der Waals surface area contributed by atoms with Gasteiger partial charge >= 0.3 is 0 Å².